The van der Waals surface area contributed by atoms with Crippen molar-refractivity contribution in [3.8, 4) is 0 Å². The van der Waals surface area contributed by atoms with Gasteiger partial charge in [-0.05, 0) is 32.8 Å². The minimum absolute atomic E-state index is 0.0980. The zero-order valence-electron chi connectivity index (χ0n) is 15.7. The Bertz CT molecular complexity index is 632. The van der Waals surface area contributed by atoms with E-state index in [1.807, 2.05) is 0 Å². The average Bonchev–Trinajstić information content (AvgIpc) is 2.68. The zero-order valence-corrected chi connectivity index (χ0v) is 15.7. The van der Waals surface area contributed by atoms with Gasteiger partial charge >= 0.3 is 11.9 Å². The summed E-state index contributed by atoms with van der Waals surface area (Å²) in [6, 6.07) is 1.70. The predicted molar refractivity (Wildman–Crippen MR) is 96.6 cm³/mol. The fourth-order valence-corrected chi connectivity index (χ4v) is 2.83. The Hall–Kier alpha value is -2.71. The van der Waals surface area contributed by atoms with E-state index < -0.39 is 12.1 Å². The van der Waals surface area contributed by atoms with E-state index in [0.29, 0.717) is 45.0 Å². The van der Waals surface area contributed by atoms with Crippen molar-refractivity contribution >= 4 is 23.8 Å². The first-order chi connectivity index (χ1) is 13.0. The fraction of sp³-hybridized carbons (Fsp3) is 0.611. The van der Waals surface area contributed by atoms with Gasteiger partial charge in [-0.15, -0.1) is 0 Å². The smallest absolute Gasteiger partial charge is 0.309 e. The molecule has 1 aromatic heterocycles. The summed E-state index contributed by atoms with van der Waals surface area (Å²) in [6.07, 6.45) is 3.56. The third kappa shape index (κ3) is 6.50. The number of nitrogens with zero attached hydrogens (tertiary/aromatic N) is 3. The van der Waals surface area contributed by atoms with Gasteiger partial charge in [-0.3, -0.25) is 14.4 Å². The lowest BCUT2D eigenvalue weighted by Crippen LogP contribution is -2.45. The topological polar surface area (TPSA) is 111 Å². The molecule has 1 atom stereocenters. The van der Waals surface area contributed by atoms with Crippen LogP contribution in [0.1, 0.15) is 33.1 Å². The van der Waals surface area contributed by atoms with Crippen molar-refractivity contribution in [2.75, 3.05) is 31.6 Å². The number of rotatable bonds is 8. The summed E-state index contributed by atoms with van der Waals surface area (Å²) in [6.45, 7) is 4.92. The van der Waals surface area contributed by atoms with Crippen molar-refractivity contribution < 1.29 is 23.9 Å². The molecule has 2 rings (SSSR count). The van der Waals surface area contributed by atoms with E-state index in [1.54, 1.807) is 37.2 Å². The summed E-state index contributed by atoms with van der Waals surface area (Å²) < 4.78 is 10.2. The highest BCUT2D eigenvalue weighted by molar-refractivity contribution is 5.84. The van der Waals surface area contributed by atoms with Gasteiger partial charge in [-0.2, -0.15) is 0 Å². The number of likely N-dealkylation sites (tertiary alicyclic amines) is 1. The molecule has 1 saturated heterocycles. The van der Waals surface area contributed by atoms with E-state index in [2.05, 4.69) is 15.3 Å². The summed E-state index contributed by atoms with van der Waals surface area (Å²) in [5.41, 5.74) is 0. The van der Waals surface area contributed by atoms with Crippen LogP contribution in [-0.4, -0.2) is 65.1 Å². The molecule has 2 heterocycles. The summed E-state index contributed by atoms with van der Waals surface area (Å²) in [7, 11) is 0. The van der Waals surface area contributed by atoms with Crippen LogP contribution < -0.4 is 5.32 Å². The minimum atomic E-state index is -0.857. The fourth-order valence-electron chi connectivity index (χ4n) is 2.83. The van der Waals surface area contributed by atoms with Crippen LogP contribution in [0.5, 0.6) is 0 Å². The van der Waals surface area contributed by atoms with Crippen molar-refractivity contribution in [2.45, 2.75) is 39.2 Å². The molecule has 1 fully saturated rings. The van der Waals surface area contributed by atoms with Crippen molar-refractivity contribution in [2.24, 2.45) is 5.92 Å². The second kappa shape index (κ2) is 10.4. The molecular weight excluding hydrogens is 352 g/mol. The number of carbonyl (C=O) groups is 3. The highest BCUT2D eigenvalue weighted by atomic mass is 16.5. The summed E-state index contributed by atoms with van der Waals surface area (Å²) in [4.78, 5) is 45.7. The molecule has 1 aromatic rings. The molecule has 27 heavy (non-hydrogen) atoms. The van der Waals surface area contributed by atoms with Crippen LogP contribution in [0.25, 0.3) is 0 Å². The van der Waals surface area contributed by atoms with Crippen molar-refractivity contribution in [3.05, 3.63) is 18.5 Å². The van der Waals surface area contributed by atoms with Crippen molar-refractivity contribution in [1.82, 2.24) is 14.9 Å². The second-order valence-corrected chi connectivity index (χ2v) is 6.23. The number of hydrogen-bond donors (Lipinski definition) is 1. The molecule has 1 N–H and O–H groups in total. The lowest BCUT2D eigenvalue weighted by Gasteiger charge is -2.32. The standard InChI is InChI=1S/C18H26N4O5/c1-3-26-17(25)14-6-11-22(12-7-14)16(24)13(2)27-15(23)5-10-21-18-19-8-4-9-20-18/h4,8-9,13-14H,3,5-7,10-12H2,1-2H3,(H,19,20,21). The molecular formula is C18H26N4O5. The zero-order chi connectivity index (χ0) is 19.6. The maximum Gasteiger partial charge on any atom is 0.309 e. The van der Waals surface area contributed by atoms with E-state index in [4.69, 9.17) is 9.47 Å². The molecule has 1 aliphatic heterocycles. The van der Waals surface area contributed by atoms with E-state index in [-0.39, 0.29) is 24.2 Å². The molecule has 148 valence electrons. The third-order valence-corrected chi connectivity index (χ3v) is 4.26. The van der Waals surface area contributed by atoms with Gasteiger partial charge in [0.25, 0.3) is 5.91 Å². The quantitative estimate of drug-likeness (QED) is 0.667. The van der Waals surface area contributed by atoms with Gasteiger partial charge in [-0.1, -0.05) is 0 Å². The number of carbonyl (C=O) groups excluding carboxylic acids is 3. The highest BCUT2D eigenvalue weighted by Crippen LogP contribution is 2.19. The average molecular weight is 378 g/mol. The van der Waals surface area contributed by atoms with Gasteiger partial charge in [0.05, 0.1) is 18.9 Å². The summed E-state index contributed by atoms with van der Waals surface area (Å²) in [5.74, 6) is -0.665. The molecule has 1 amide bonds. The number of ether oxygens (including phenoxy) is 2. The maximum absolute atomic E-state index is 12.4. The minimum Gasteiger partial charge on any atom is -0.466 e. The highest BCUT2D eigenvalue weighted by Gasteiger charge is 2.31. The Morgan fingerprint density at radius 2 is 1.93 bits per heavy atom. The monoisotopic (exact) mass is 378 g/mol. The van der Waals surface area contributed by atoms with E-state index in [1.165, 1.54) is 0 Å². The lowest BCUT2D eigenvalue weighted by atomic mass is 9.97. The molecule has 1 unspecified atom stereocenters. The molecule has 9 heteroatoms. The Balaban J connectivity index is 1.69. The summed E-state index contributed by atoms with van der Waals surface area (Å²) >= 11 is 0. The van der Waals surface area contributed by atoms with Crippen LogP contribution >= 0.6 is 0 Å². The van der Waals surface area contributed by atoms with Gasteiger partial charge in [0.1, 0.15) is 0 Å². The van der Waals surface area contributed by atoms with Crippen molar-refractivity contribution in [3.63, 3.8) is 0 Å². The van der Waals surface area contributed by atoms with Crippen LogP contribution in [-0.2, 0) is 23.9 Å². The lowest BCUT2D eigenvalue weighted by molar-refractivity contribution is -0.160. The van der Waals surface area contributed by atoms with Gasteiger partial charge < -0.3 is 19.7 Å². The van der Waals surface area contributed by atoms with Crippen LogP contribution in [0.15, 0.2) is 18.5 Å². The molecule has 1 aliphatic rings. The van der Waals surface area contributed by atoms with Gasteiger partial charge in [0.15, 0.2) is 6.10 Å². The molecule has 0 radical (unpaired) electrons. The van der Waals surface area contributed by atoms with Crippen molar-refractivity contribution in [1.29, 1.82) is 0 Å². The van der Waals surface area contributed by atoms with Gasteiger partial charge in [-0.25, -0.2) is 9.97 Å². The largest absolute Gasteiger partial charge is 0.466 e. The Kier molecular flexibility index (Phi) is 7.97. The number of aromatic nitrogens is 2. The first kappa shape index (κ1) is 20.6. The number of esters is 2. The van der Waals surface area contributed by atoms with Crippen LogP contribution in [0.2, 0.25) is 0 Å². The van der Waals surface area contributed by atoms with E-state index in [9.17, 15) is 14.4 Å². The van der Waals surface area contributed by atoms with E-state index in [0.717, 1.165) is 0 Å². The molecule has 0 spiro atoms. The number of hydrogen-bond acceptors (Lipinski definition) is 8. The van der Waals surface area contributed by atoms with Crippen LogP contribution in [0.3, 0.4) is 0 Å². The third-order valence-electron chi connectivity index (χ3n) is 4.26. The first-order valence-corrected chi connectivity index (χ1v) is 9.17. The molecule has 0 saturated carbocycles. The van der Waals surface area contributed by atoms with Gasteiger partial charge in [0.2, 0.25) is 5.95 Å². The molecule has 0 bridgehead atoms. The molecule has 0 aliphatic carbocycles. The van der Waals surface area contributed by atoms with Crippen LogP contribution in [0, 0.1) is 5.92 Å². The predicted octanol–water partition coefficient (Wildman–Crippen LogP) is 1.01. The molecule has 9 nitrogen and oxygen atoms in total. The summed E-state index contributed by atoms with van der Waals surface area (Å²) in [5, 5.41) is 2.90. The van der Waals surface area contributed by atoms with Crippen LogP contribution in [0.4, 0.5) is 5.95 Å². The SMILES string of the molecule is CCOC(=O)C1CCN(C(=O)C(C)OC(=O)CCNc2ncccn2)CC1. The Labute approximate surface area is 158 Å². The molecule has 0 aromatic carbocycles. The number of nitrogens with one attached hydrogen (secondary N) is 1. The number of amides is 1. The Morgan fingerprint density at radius 1 is 1.26 bits per heavy atom. The first-order valence-electron chi connectivity index (χ1n) is 9.17. The van der Waals surface area contributed by atoms with Gasteiger partial charge in [0, 0.05) is 32.0 Å². The second-order valence-electron chi connectivity index (χ2n) is 6.23. The maximum atomic E-state index is 12.4. The number of anilines is 1. The van der Waals surface area contributed by atoms with E-state index >= 15 is 0 Å². The normalized spacial score (nSPS) is 15.7. The Morgan fingerprint density at radius 3 is 2.56 bits per heavy atom. The number of piperidine rings is 1.